The molecule has 0 saturated heterocycles. The molecule has 0 aliphatic heterocycles. The summed E-state index contributed by atoms with van der Waals surface area (Å²) in [5, 5.41) is 2.78. The summed E-state index contributed by atoms with van der Waals surface area (Å²) in [4.78, 5) is 12.5. The molecule has 1 amide bonds. The van der Waals surface area contributed by atoms with Crippen LogP contribution < -0.4 is 19.1 Å². The summed E-state index contributed by atoms with van der Waals surface area (Å²) in [6.07, 6.45) is 1.09. The number of nitrogens with zero attached hydrogens (tertiary/aromatic N) is 1. The van der Waals surface area contributed by atoms with Gasteiger partial charge in [0, 0.05) is 0 Å². The predicted octanol–water partition coefficient (Wildman–Crippen LogP) is 3.17. The second-order valence-electron chi connectivity index (χ2n) is 7.47. The Balaban J connectivity index is 1.96. The van der Waals surface area contributed by atoms with E-state index in [0.717, 1.165) is 21.9 Å². The quantitative estimate of drug-likeness (QED) is 0.621. The smallest absolute Gasteiger partial charge is 0.241 e. The first-order valence-corrected chi connectivity index (χ1v) is 11.6. The summed E-state index contributed by atoms with van der Waals surface area (Å²) in [6.45, 7) is 5.87. The standard InChI is InChI=1S/C22H30N2O5S/c1-16(2)18-6-8-19(9-7-18)24(30(5,26)27)14-22(25)23-17(3)15-29-21-12-10-20(28-4)11-13-21/h6-13,16-17H,14-15H2,1-5H3,(H,23,25)/t17-/m1/s1. The number of methoxy groups -OCH3 is 1. The van der Waals surface area contributed by atoms with Crippen LogP contribution in [0.15, 0.2) is 48.5 Å². The van der Waals surface area contributed by atoms with Gasteiger partial charge in [-0.25, -0.2) is 8.42 Å². The number of ether oxygens (including phenoxy) is 2. The van der Waals surface area contributed by atoms with Gasteiger partial charge >= 0.3 is 0 Å². The van der Waals surface area contributed by atoms with Gasteiger partial charge in [-0.2, -0.15) is 0 Å². The van der Waals surface area contributed by atoms with Crippen LogP contribution in [-0.2, 0) is 14.8 Å². The average Bonchev–Trinajstić information content (AvgIpc) is 2.70. The Labute approximate surface area is 179 Å². The maximum Gasteiger partial charge on any atom is 0.241 e. The number of amides is 1. The number of nitrogens with one attached hydrogen (secondary N) is 1. The van der Waals surface area contributed by atoms with Crippen molar-refractivity contribution < 1.29 is 22.7 Å². The number of hydrogen-bond donors (Lipinski definition) is 1. The first-order valence-electron chi connectivity index (χ1n) is 9.74. The molecule has 0 bridgehead atoms. The SMILES string of the molecule is COc1ccc(OC[C@@H](C)NC(=O)CN(c2ccc(C(C)C)cc2)S(C)(=O)=O)cc1. The first-order chi connectivity index (χ1) is 14.1. The van der Waals surface area contributed by atoms with Crippen molar-refractivity contribution in [1.82, 2.24) is 5.32 Å². The average molecular weight is 435 g/mol. The Kier molecular flexibility index (Phi) is 8.11. The fraction of sp³-hybridized carbons (Fsp3) is 0.409. The minimum absolute atomic E-state index is 0.250. The second kappa shape index (κ2) is 10.3. The van der Waals surface area contributed by atoms with E-state index in [1.807, 2.05) is 12.1 Å². The third kappa shape index (κ3) is 6.95. The van der Waals surface area contributed by atoms with Gasteiger partial charge in [0.25, 0.3) is 0 Å². The molecule has 2 aromatic carbocycles. The highest BCUT2D eigenvalue weighted by atomic mass is 32.2. The molecule has 0 aliphatic carbocycles. The van der Waals surface area contributed by atoms with E-state index in [4.69, 9.17) is 9.47 Å². The van der Waals surface area contributed by atoms with E-state index in [9.17, 15) is 13.2 Å². The van der Waals surface area contributed by atoms with E-state index in [1.165, 1.54) is 0 Å². The van der Waals surface area contributed by atoms with E-state index >= 15 is 0 Å². The molecule has 0 fully saturated rings. The van der Waals surface area contributed by atoms with Gasteiger partial charge in [-0.05, 0) is 54.8 Å². The molecule has 8 heteroatoms. The number of rotatable bonds is 10. The molecule has 0 heterocycles. The summed E-state index contributed by atoms with van der Waals surface area (Å²) in [5.41, 5.74) is 1.56. The largest absolute Gasteiger partial charge is 0.497 e. The zero-order chi connectivity index (χ0) is 22.3. The van der Waals surface area contributed by atoms with Crippen LogP contribution in [0.3, 0.4) is 0 Å². The molecule has 2 rings (SSSR count). The number of sulfonamides is 1. The first kappa shape index (κ1) is 23.5. The van der Waals surface area contributed by atoms with Crippen molar-refractivity contribution in [3.8, 4) is 11.5 Å². The predicted molar refractivity (Wildman–Crippen MR) is 119 cm³/mol. The lowest BCUT2D eigenvalue weighted by Gasteiger charge is -2.23. The van der Waals surface area contributed by atoms with E-state index in [-0.39, 0.29) is 19.2 Å². The molecule has 1 atom stereocenters. The molecule has 0 unspecified atom stereocenters. The molecule has 0 saturated carbocycles. The highest BCUT2D eigenvalue weighted by Gasteiger charge is 2.22. The Morgan fingerprint density at radius 2 is 1.57 bits per heavy atom. The highest BCUT2D eigenvalue weighted by molar-refractivity contribution is 7.92. The lowest BCUT2D eigenvalue weighted by Crippen LogP contribution is -2.44. The van der Waals surface area contributed by atoms with Crippen molar-refractivity contribution in [3.63, 3.8) is 0 Å². The number of carbonyl (C=O) groups is 1. The molecule has 0 aliphatic rings. The van der Waals surface area contributed by atoms with E-state index < -0.39 is 15.9 Å². The van der Waals surface area contributed by atoms with Crippen molar-refractivity contribution in [2.75, 3.05) is 30.8 Å². The van der Waals surface area contributed by atoms with Crippen LogP contribution >= 0.6 is 0 Å². The topological polar surface area (TPSA) is 84.9 Å². The molecule has 30 heavy (non-hydrogen) atoms. The van der Waals surface area contributed by atoms with Crippen LogP contribution in [-0.4, -0.2) is 46.9 Å². The second-order valence-corrected chi connectivity index (χ2v) is 9.38. The van der Waals surface area contributed by atoms with Crippen LogP contribution in [0, 0.1) is 0 Å². The van der Waals surface area contributed by atoms with Crippen LogP contribution in [0.2, 0.25) is 0 Å². The maximum atomic E-state index is 12.5. The van der Waals surface area contributed by atoms with Crippen molar-refractivity contribution in [1.29, 1.82) is 0 Å². The molecular weight excluding hydrogens is 404 g/mol. The van der Waals surface area contributed by atoms with Gasteiger partial charge in [0.2, 0.25) is 15.9 Å². The number of benzene rings is 2. The summed E-state index contributed by atoms with van der Waals surface area (Å²) in [5.74, 6) is 1.31. The van der Waals surface area contributed by atoms with Crippen LogP contribution in [0.5, 0.6) is 11.5 Å². The van der Waals surface area contributed by atoms with E-state index in [0.29, 0.717) is 17.4 Å². The molecule has 0 radical (unpaired) electrons. The summed E-state index contributed by atoms with van der Waals surface area (Å²) < 4.78 is 36.4. The van der Waals surface area contributed by atoms with E-state index in [2.05, 4.69) is 19.2 Å². The monoisotopic (exact) mass is 434 g/mol. The fourth-order valence-corrected chi connectivity index (χ4v) is 3.67. The number of carbonyl (C=O) groups excluding carboxylic acids is 1. The molecule has 7 nitrogen and oxygen atoms in total. The Bertz CT molecular complexity index is 925. The van der Waals surface area contributed by atoms with Crippen LogP contribution in [0.25, 0.3) is 0 Å². The number of hydrogen-bond acceptors (Lipinski definition) is 5. The summed E-state index contributed by atoms with van der Waals surface area (Å²) in [6, 6.07) is 14.0. The zero-order valence-corrected chi connectivity index (χ0v) is 18.9. The minimum Gasteiger partial charge on any atom is -0.497 e. The Morgan fingerprint density at radius 3 is 2.07 bits per heavy atom. The summed E-state index contributed by atoms with van der Waals surface area (Å²) >= 11 is 0. The van der Waals surface area contributed by atoms with Crippen LogP contribution in [0.1, 0.15) is 32.3 Å². The zero-order valence-electron chi connectivity index (χ0n) is 18.1. The van der Waals surface area contributed by atoms with Crippen molar-refractivity contribution in [2.45, 2.75) is 32.7 Å². The number of anilines is 1. The van der Waals surface area contributed by atoms with Gasteiger partial charge in [-0.15, -0.1) is 0 Å². The van der Waals surface area contributed by atoms with Gasteiger partial charge in [-0.1, -0.05) is 26.0 Å². The van der Waals surface area contributed by atoms with Gasteiger partial charge in [0.1, 0.15) is 24.7 Å². The van der Waals surface area contributed by atoms with Gasteiger partial charge < -0.3 is 14.8 Å². The van der Waals surface area contributed by atoms with Crippen molar-refractivity contribution in [3.05, 3.63) is 54.1 Å². The third-order valence-corrected chi connectivity index (χ3v) is 5.64. The van der Waals surface area contributed by atoms with Gasteiger partial charge in [-0.3, -0.25) is 9.10 Å². The fourth-order valence-electron chi connectivity index (χ4n) is 2.81. The van der Waals surface area contributed by atoms with E-state index in [1.54, 1.807) is 50.4 Å². The third-order valence-electron chi connectivity index (χ3n) is 4.50. The normalized spacial score (nSPS) is 12.3. The highest BCUT2D eigenvalue weighted by Crippen LogP contribution is 2.22. The Morgan fingerprint density at radius 1 is 1.00 bits per heavy atom. The molecule has 2 aromatic rings. The lowest BCUT2D eigenvalue weighted by atomic mass is 10.0. The molecule has 1 N–H and O–H groups in total. The lowest BCUT2D eigenvalue weighted by molar-refractivity contribution is -0.120. The van der Waals surface area contributed by atoms with Crippen LogP contribution in [0.4, 0.5) is 5.69 Å². The summed E-state index contributed by atoms with van der Waals surface area (Å²) in [7, 11) is -2.03. The minimum atomic E-state index is -3.61. The van der Waals surface area contributed by atoms with Gasteiger partial charge in [0.15, 0.2) is 0 Å². The van der Waals surface area contributed by atoms with Gasteiger partial charge in [0.05, 0.1) is 25.1 Å². The molecule has 164 valence electrons. The molecule has 0 spiro atoms. The molecular formula is C22H30N2O5S. The van der Waals surface area contributed by atoms with Crippen molar-refractivity contribution in [2.24, 2.45) is 0 Å². The maximum absolute atomic E-state index is 12.5. The van der Waals surface area contributed by atoms with Crippen molar-refractivity contribution >= 4 is 21.6 Å². The molecule has 0 aromatic heterocycles. The Hall–Kier alpha value is -2.74.